The molecule has 0 N–H and O–H groups in total. The van der Waals surface area contributed by atoms with Crippen LogP contribution in [0.3, 0.4) is 0 Å². The number of anilines is 1. The zero-order valence-corrected chi connectivity index (χ0v) is 18.2. The van der Waals surface area contributed by atoms with Crippen molar-refractivity contribution in [1.82, 2.24) is 4.31 Å². The molecule has 8 heteroatoms. The molecule has 162 valence electrons. The van der Waals surface area contributed by atoms with E-state index in [0.717, 1.165) is 36.7 Å². The van der Waals surface area contributed by atoms with Gasteiger partial charge in [0.1, 0.15) is 19.0 Å². The van der Waals surface area contributed by atoms with Crippen molar-refractivity contribution in [1.29, 1.82) is 0 Å². The van der Waals surface area contributed by atoms with E-state index in [9.17, 15) is 13.2 Å². The molecular formula is C22H28N2O5S. The summed E-state index contributed by atoms with van der Waals surface area (Å²) in [4.78, 5) is 15.0. The second-order valence-electron chi connectivity index (χ2n) is 7.31. The van der Waals surface area contributed by atoms with Crippen LogP contribution in [0.5, 0.6) is 5.75 Å². The van der Waals surface area contributed by atoms with Gasteiger partial charge in [-0.25, -0.2) is 17.5 Å². The first-order valence-electron chi connectivity index (χ1n) is 10.1. The number of benzene rings is 2. The Kier molecular flexibility index (Phi) is 7.33. The van der Waals surface area contributed by atoms with E-state index >= 15 is 0 Å². The number of carbonyl (C=O) groups excluding carboxylic acids is 1. The lowest BCUT2D eigenvalue weighted by molar-refractivity contribution is 0.0451. The first-order valence-corrected chi connectivity index (χ1v) is 11.5. The fourth-order valence-corrected chi connectivity index (χ4v) is 4.28. The van der Waals surface area contributed by atoms with Gasteiger partial charge in [-0.1, -0.05) is 18.2 Å². The number of hydrogen-bond acceptors (Lipinski definition) is 6. The van der Waals surface area contributed by atoms with Gasteiger partial charge >= 0.3 is 5.97 Å². The molecule has 7 nitrogen and oxygen atoms in total. The van der Waals surface area contributed by atoms with Gasteiger partial charge in [-0.15, -0.1) is 0 Å². The molecule has 30 heavy (non-hydrogen) atoms. The molecule has 1 saturated heterocycles. The summed E-state index contributed by atoms with van der Waals surface area (Å²) in [6.45, 7) is 1.94. The Morgan fingerprint density at radius 3 is 2.37 bits per heavy atom. The summed E-state index contributed by atoms with van der Waals surface area (Å²) in [5.74, 6) is 0.143. The maximum atomic E-state index is 12.9. The van der Waals surface area contributed by atoms with Crippen LogP contribution in [0.4, 0.5) is 5.69 Å². The zero-order chi connectivity index (χ0) is 21.6. The lowest BCUT2D eigenvalue weighted by Gasteiger charge is -2.30. The van der Waals surface area contributed by atoms with Gasteiger partial charge in [-0.3, -0.25) is 0 Å². The first kappa shape index (κ1) is 22.1. The van der Waals surface area contributed by atoms with Gasteiger partial charge in [-0.2, -0.15) is 0 Å². The van der Waals surface area contributed by atoms with Gasteiger partial charge in [-0.05, 0) is 49.6 Å². The van der Waals surface area contributed by atoms with E-state index in [1.165, 1.54) is 20.2 Å². The Morgan fingerprint density at radius 2 is 1.70 bits per heavy atom. The van der Waals surface area contributed by atoms with E-state index in [-0.39, 0.29) is 23.7 Å². The molecule has 0 spiro atoms. The number of nitrogens with zero attached hydrogens (tertiary/aromatic N) is 2. The van der Waals surface area contributed by atoms with Crippen molar-refractivity contribution in [3.63, 3.8) is 0 Å². The topological polar surface area (TPSA) is 76.2 Å². The van der Waals surface area contributed by atoms with Gasteiger partial charge in [0.2, 0.25) is 10.0 Å². The van der Waals surface area contributed by atoms with Crippen molar-refractivity contribution in [2.75, 3.05) is 45.3 Å². The quantitative estimate of drug-likeness (QED) is 0.471. The SMILES string of the molecule is CN(C)S(=O)(=O)c1ccc(N2CCCCC2)c(C(=O)OCCOc2ccccc2)c1. The Balaban J connectivity index is 1.77. The Labute approximate surface area is 178 Å². The summed E-state index contributed by atoms with van der Waals surface area (Å²) in [7, 11) is -0.729. The molecule has 0 amide bonds. The maximum absolute atomic E-state index is 12.9. The van der Waals surface area contributed by atoms with Gasteiger partial charge in [0, 0.05) is 27.2 Å². The van der Waals surface area contributed by atoms with Crippen LogP contribution in [-0.2, 0) is 14.8 Å². The number of piperidine rings is 1. The minimum absolute atomic E-state index is 0.0673. The van der Waals surface area contributed by atoms with Crippen molar-refractivity contribution >= 4 is 21.7 Å². The second-order valence-corrected chi connectivity index (χ2v) is 9.46. The molecule has 1 fully saturated rings. The standard InChI is InChI=1S/C22H28N2O5S/c1-23(2)30(26,27)19-11-12-21(24-13-7-4-8-14-24)20(17-19)22(25)29-16-15-28-18-9-5-3-6-10-18/h3,5-6,9-12,17H,4,7-8,13-16H2,1-2H3. The molecule has 1 aliphatic heterocycles. The maximum Gasteiger partial charge on any atom is 0.340 e. The fraction of sp³-hybridized carbons (Fsp3) is 0.409. The van der Waals surface area contributed by atoms with Crippen LogP contribution in [-0.4, -0.2) is 59.1 Å². The first-order chi connectivity index (χ1) is 14.4. The van der Waals surface area contributed by atoms with Crippen LogP contribution < -0.4 is 9.64 Å². The van der Waals surface area contributed by atoms with Crippen molar-refractivity contribution in [3.8, 4) is 5.75 Å². The van der Waals surface area contributed by atoms with Crippen LogP contribution in [0.1, 0.15) is 29.6 Å². The third-order valence-corrected chi connectivity index (χ3v) is 6.80. The summed E-state index contributed by atoms with van der Waals surface area (Å²) in [5.41, 5.74) is 0.973. The Morgan fingerprint density at radius 1 is 1.00 bits per heavy atom. The normalized spacial score (nSPS) is 14.6. The van der Waals surface area contributed by atoms with Crippen LogP contribution in [0.15, 0.2) is 53.4 Å². The molecule has 1 heterocycles. The average Bonchev–Trinajstić information content (AvgIpc) is 2.77. The molecule has 0 atom stereocenters. The summed E-state index contributed by atoms with van der Waals surface area (Å²) in [6.07, 6.45) is 3.23. The van der Waals surface area contributed by atoms with Crippen LogP contribution >= 0.6 is 0 Å². The molecule has 0 radical (unpaired) electrons. The molecule has 3 rings (SSSR count). The number of para-hydroxylation sites is 1. The Bertz CT molecular complexity index is 955. The van der Waals surface area contributed by atoms with Gasteiger partial charge < -0.3 is 14.4 Å². The van der Waals surface area contributed by atoms with Gasteiger partial charge in [0.25, 0.3) is 0 Å². The Hall–Kier alpha value is -2.58. The highest BCUT2D eigenvalue weighted by molar-refractivity contribution is 7.89. The highest BCUT2D eigenvalue weighted by Crippen LogP contribution is 2.28. The molecule has 0 saturated carbocycles. The number of carbonyl (C=O) groups is 1. The van der Waals surface area contributed by atoms with E-state index < -0.39 is 16.0 Å². The summed E-state index contributed by atoms with van der Waals surface area (Å²) in [5, 5.41) is 0. The number of hydrogen-bond donors (Lipinski definition) is 0. The van der Waals surface area contributed by atoms with Crippen LogP contribution in [0.25, 0.3) is 0 Å². The van der Waals surface area contributed by atoms with E-state index in [1.54, 1.807) is 12.1 Å². The molecular weight excluding hydrogens is 404 g/mol. The molecule has 2 aromatic rings. The van der Waals surface area contributed by atoms with Gasteiger partial charge in [0.05, 0.1) is 16.1 Å². The highest BCUT2D eigenvalue weighted by Gasteiger charge is 2.24. The minimum Gasteiger partial charge on any atom is -0.490 e. The van der Waals surface area contributed by atoms with Crippen molar-refractivity contribution in [3.05, 3.63) is 54.1 Å². The molecule has 0 aliphatic carbocycles. The summed E-state index contributed by atoms with van der Waals surface area (Å²) < 4.78 is 37.2. The van der Waals surface area contributed by atoms with Crippen molar-refractivity contribution < 1.29 is 22.7 Å². The van der Waals surface area contributed by atoms with E-state index in [4.69, 9.17) is 9.47 Å². The largest absolute Gasteiger partial charge is 0.490 e. The summed E-state index contributed by atoms with van der Waals surface area (Å²) >= 11 is 0. The van der Waals surface area contributed by atoms with E-state index in [1.807, 2.05) is 30.3 Å². The molecule has 2 aromatic carbocycles. The third kappa shape index (κ3) is 5.31. The number of esters is 1. The van der Waals surface area contributed by atoms with Gasteiger partial charge in [0.15, 0.2) is 0 Å². The predicted molar refractivity (Wildman–Crippen MR) is 116 cm³/mol. The van der Waals surface area contributed by atoms with Crippen molar-refractivity contribution in [2.45, 2.75) is 24.2 Å². The van der Waals surface area contributed by atoms with Crippen molar-refractivity contribution in [2.24, 2.45) is 0 Å². The fourth-order valence-electron chi connectivity index (χ4n) is 3.35. The molecule has 0 bridgehead atoms. The number of sulfonamides is 1. The zero-order valence-electron chi connectivity index (χ0n) is 17.4. The smallest absolute Gasteiger partial charge is 0.340 e. The number of rotatable bonds is 8. The molecule has 1 aliphatic rings. The minimum atomic E-state index is -3.66. The number of ether oxygens (including phenoxy) is 2. The lowest BCUT2D eigenvalue weighted by Crippen LogP contribution is -2.31. The third-order valence-electron chi connectivity index (χ3n) is 4.99. The lowest BCUT2D eigenvalue weighted by atomic mass is 10.1. The van der Waals surface area contributed by atoms with Crippen LogP contribution in [0.2, 0.25) is 0 Å². The van der Waals surface area contributed by atoms with E-state index in [2.05, 4.69) is 4.90 Å². The van der Waals surface area contributed by atoms with Crippen LogP contribution in [0, 0.1) is 0 Å². The predicted octanol–water partition coefficient (Wildman–Crippen LogP) is 3.16. The summed E-state index contributed by atoms with van der Waals surface area (Å²) in [6, 6.07) is 13.9. The molecule has 0 aromatic heterocycles. The monoisotopic (exact) mass is 432 g/mol. The second kappa shape index (κ2) is 9.95. The van der Waals surface area contributed by atoms with E-state index in [0.29, 0.717) is 11.4 Å². The average molecular weight is 433 g/mol. The highest BCUT2D eigenvalue weighted by atomic mass is 32.2. The molecule has 0 unspecified atom stereocenters.